The number of nitrogens with zero attached hydrogens (tertiary/aromatic N) is 2. The monoisotopic (exact) mass is 196 g/mol. The zero-order valence-electron chi connectivity index (χ0n) is 8.36. The second-order valence-electron chi connectivity index (χ2n) is 4.08. The van der Waals surface area contributed by atoms with Crippen LogP contribution in [0, 0.1) is 5.92 Å². The van der Waals surface area contributed by atoms with Crippen molar-refractivity contribution < 1.29 is 4.79 Å². The molecule has 2 atom stereocenters. The van der Waals surface area contributed by atoms with Crippen LogP contribution >= 0.6 is 0 Å². The molecule has 5 nitrogen and oxygen atoms in total. The molecule has 2 heterocycles. The first kappa shape index (κ1) is 9.45. The van der Waals surface area contributed by atoms with Gasteiger partial charge in [-0.05, 0) is 18.9 Å². The van der Waals surface area contributed by atoms with E-state index in [-0.39, 0.29) is 0 Å². The SMILES string of the molecule is C[C@H]1CCN2CC/C(=N\NC(N)=O)[C@@H]12. The van der Waals surface area contributed by atoms with Gasteiger partial charge in [-0.15, -0.1) is 0 Å². The standard InChI is InChI=1S/C9H16N4O/c1-6-2-4-13-5-3-7(8(6)13)11-12-9(10)14/h6,8H,2-5H2,1H3,(H3,10,12,14)/b11-7+/t6-,8+/m0/s1. The number of hydrazone groups is 1. The fourth-order valence-electron chi connectivity index (χ4n) is 2.47. The molecule has 0 aliphatic carbocycles. The Labute approximate surface area is 83.3 Å². The molecule has 0 aromatic heterocycles. The normalized spacial score (nSPS) is 34.8. The molecule has 0 bridgehead atoms. The van der Waals surface area contributed by atoms with E-state index in [1.54, 1.807) is 0 Å². The lowest BCUT2D eigenvalue weighted by Crippen LogP contribution is -2.33. The van der Waals surface area contributed by atoms with Crippen molar-refractivity contribution in [3.63, 3.8) is 0 Å². The van der Waals surface area contributed by atoms with E-state index >= 15 is 0 Å². The fraction of sp³-hybridized carbons (Fsp3) is 0.778. The predicted molar refractivity (Wildman–Crippen MR) is 53.9 cm³/mol. The van der Waals surface area contributed by atoms with Gasteiger partial charge in [0, 0.05) is 13.0 Å². The summed E-state index contributed by atoms with van der Waals surface area (Å²) in [5.74, 6) is 0.644. The van der Waals surface area contributed by atoms with Crippen LogP contribution < -0.4 is 11.2 Å². The molecule has 78 valence electrons. The van der Waals surface area contributed by atoms with Gasteiger partial charge < -0.3 is 5.73 Å². The number of rotatable bonds is 1. The highest BCUT2D eigenvalue weighted by Crippen LogP contribution is 2.30. The maximum absolute atomic E-state index is 10.5. The minimum Gasteiger partial charge on any atom is -0.350 e. The van der Waals surface area contributed by atoms with Crippen LogP contribution in [0.2, 0.25) is 0 Å². The summed E-state index contributed by atoms with van der Waals surface area (Å²) in [6, 6.07) is -0.150. The zero-order valence-corrected chi connectivity index (χ0v) is 8.36. The molecule has 2 saturated heterocycles. The number of amides is 2. The van der Waals surface area contributed by atoms with Crippen molar-refractivity contribution in [1.29, 1.82) is 0 Å². The largest absolute Gasteiger partial charge is 0.350 e. The van der Waals surface area contributed by atoms with Crippen LogP contribution in [-0.2, 0) is 0 Å². The Morgan fingerprint density at radius 1 is 1.64 bits per heavy atom. The number of carbonyl (C=O) groups excluding carboxylic acids is 1. The number of hydrogen-bond donors (Lipinski definition) is 2. The summed E-state index contributed by atoms with van der Waals surface area (Å²) in [5, 5.41) is 4.07. The third-order valence-corrected chi connectivity index (χ3v) is 3.11. The summed E-state index contributed by atoms with van der Waals surface area (Å²) in [6.07, 6.45) is 2.18. The van der Waals surface area contributed by atoms with E-state index in [2.05, 4.69) is 22.4 Å². The molecule has 5 heteroatoms. The molecule has 2 rings (SSSR count). The Bertz CT molecular complexity index is 276. The second kappa shape index (κ2) is 3.57. The van der Waals surface area contributed by atoms with Gasteiger partial charge >= 0.3 is 6.03 Å². The third kappa shape index (κ3) is 1.59. The van der Waals surface area contributed by atoms with Gasteiger partial charge in [0.1, 0.15) is 0 Å². The Kier molecular flexibility index (Phi) is 2.41. The number of nitrogens with two attached hydrogens (primary N) is 1. The smallest absolute Gasteiger partial charge is 0.332 e. The minimum absolute atomic E-state index is 0.432. The first-order chi connectivity index (χ1) is 6.68. The number of hydrogen-bond acceptors (Lipinski definition) is 3. The molecular weight excluding hydrogens is 180 g/mol. The van der Waals surface area contributed by atoms with Gasteiger partial charge in [0.15, 0.2) is 0 Å². The van der Waals surface area contributed by atoms with Crippen LogP contribution in [0.5, 0.6) is 0 Å². The summed E-state index contributed by atoms with van der Waals surface area (Å²) in [5.41, 5.74) is 8.37. The van der Waals surface area contributed by atoms with Crippen LogP contribution in [0.1, 0.15) is 19.8 Å². The van der Waals surface area contributed by atoms with Crippen LogP contribution in [0.25, 0.3) is 0 Å². The molecule has 0 aromatic carbocycles. The van der Waals surface area contributed by atoms with E-state index in [0.717, 1.165) is 25.2 Å². The summed E-state index contributed by atoms with van der Waals surface area (Å²) < 4.78 is 0. The topological polar surface area (TPSA) is 70.7 Å². The van der Waals surface area contributed by atoms with Gasteiger partial charge in [-0.1, -0.05) is 6.92 Å². The van der Waals surface area contributed by atoms with Crippen LogP contribution in [0.4, 0.5) is 4.79 Å². The highest BCUT2D eigenvalue weighted by Gasteiger charge is 2.39. The fourth-order valence-corrected chi connectivity index (χ4v) is 2.47. The van der Waals surface area contributed by atoms with E-state index in [1.807, 2.05) is 0 Å². The first-order valence-corrected chi connectivity index (χ1v) is 5.04. The highest BCUT2D eigenvalue weighted by atomic mass is 16.2. The van der Waals surface area contributed by atoms with Crippen molar-refractivity contribution in [2.75, 3.05) is 13.1 Å². The maximum atomic E-state index is 10.5. The molecular formula is C9H16N4O. The highest BCUT2D eigenvalue weighted by molar-refractivity contribution is 5.92. The summed E-state index contributed by atoms with van der Waals surface area (Å²) in [4.78, 5) is 12.9. The first-order valence-electron chi connectivity index (χ1n) is 5.04. The molecule has 0 unspecified atom stereocenters. The molecule has 2 aliphatic heterocycles. The molecule has 3 N–H and O–H groups in total. The molecule has 0 aromatic rings. The number of nitrogens with one attached hydrogen (secondary N) is 1. The van der Waals surface area contributed by atoms with Gasteiger partial charge in [0.25, 0.3) is 0 Å². The lowest BCUT2D eigenvalue weighted by atomic mass is 9.99. The van der Waals surface area contributed by atoms with Gasteiger partial charge in [0.2, 0.25) is 0 Å². The second-order valence-corrected chi connectivity index (χ2v) is 4.08. The van der Waals surface area contributed by atoms with E-state index in [4.69, 9.17) is 5.73 Å². The predicted octanol–water partition coefficient (Wildman–Crippen LogP) is 0.125. The number of primary amides is 1. The van der Waals surface area contributed by atoms with E-state index < -0.39 is 6.03 Å². The molecule has 0 saturated carbocycles. The van der Waals surface area contributed by atoms with Crippen molar-refractivity contribution in [1.82, 2.24) is 10.3 Å². The quantitative estimate of drug-likeness (QED) is 0.585. The van der Waals surface area contributed by atoms with Crippen LogP contribution in [-0.4, -0.2) is 35.8 Å². The van der Waals surface area contributed by atoms with E-state index in [1.165, 1.54) is 6.42 Å². The lowest BCUT2D eigenvalue weighted by molar-refractivity contribution is 0.249. The van der Waals surface area contributed by atoms with Crippen molar-refractivity contribution in [2.24, 2.45) is 16.8 Å². The summed E-state index contributed by atoms with van der Waals surface area (Å²) >= 11 is 0. The summed E-state index contributed by atoms with van der Waals surface area (Å²) in [6.45, 7) is 4.45. The number of urea groups is 1. The number of fused-ring (bicyclic) bond motifs is 1. The Hall–Kier alpha value is -1.10. The summed E-state index contributed by atoms with van der Waals surface area (Å²) in [7, 11) is 0. The lowest BCUT2D eigenvalue weighted by Gasteiger charge is -2.17. The number of carbonyl (C=O) groups is 1. The Balaban J connectivity index is 2.06. The van der Waals surface area contributed by atoms with Crippen LogP contribution in [0.15, 0.2) is 5.10 Å². The average molecular weight is 196 g/mol. The van der Waals surface area contributed by atoms with Gasteiger partial charge in [0.05, 0.1) is 11.8 Å². The molecule has 2 amide bonds. The van der Waals surface area contributed by atoms with Gasteiger partial charge in [-0.25, -0.2) is 10.2 Å². The third-order valence-electron chi connectivity index (χ3n) is 3.11. The maximum Gasteiger partial charge on any atom is 0.332 e. The van der Waals surface area contributed by atoms with Gasteiger partial charge in [-0.2, -0.15) is 5.10 Å². The van der Waals surface area contributed by atoms with E-state index in [9.17, 15) is 4.79 Å². The van der Waals surface area contributed by atoms with Crippen molar-refractivity contribution in [3.05, 3.63) is 0 Å². The Morgan fingerprint density at radius 3 is 3.14 bits per heavy atom. The van der Waals surface area contributed by atoms with E-state index in [0.29, 0.717) is 12.0 Å². The molecule has 14 heavy (non-hydrogen) atoms. The minimum atomic E-state index is -0.582. The zero-order chi connectivity index (χ0) is 10.1. The van der Waals surface area contributed by atoms with Crippen molar-refractivity contribution in [2.45, 2.75) is 25.8 Å². The average Bonchev–Trinajstić information content (AvgIpc) is 2.66. The van der Waals surface area contributed by atoms with Crippen molar-refractivity contribution >= 4 is 11.7 Å². The molecule has 0 spiro atoms. The molecule has 0 radical (unpaired) electrons. The molecule has 2 fully saturated rings. The molecule has 2 aliphatic rings. The van der Waals surface area contributed by atoms with Gasteiger partial charge in [-0.3, -0.25) is 4.90 Å². The van der Waals surface area contributed by atoms with Crippen molar-refractivity contribution in [3.8, 4) is 0 Å². The Morgan fingerprint density at radius 2 is 2.43 bits per heavy atom. The van der Waals surface area contributed by atoms with Crippen LogP contribution in [0.3, 0.4) is 0 Å².